The molecule has 1 atom stereocenters. The Morgan fingerprint density at radius 3 is 2.46 bits per heavy atom. The van der Waals surface area contributed by atoms with Gasteiger partial charge in [-0.05, 0) is 76.1 Å². The van der Waals surface area contributed by atoms with Crippen LogP contribution in [0.3, 0.4) is 0 Å². The Morgan fingerprint density at radius 2 is 1.75 bits per heavy atom. The summed E-state index contributed by atoms with van der Waals surface area (Å²) in [6, 6.07) is 7.42. The van der Waals surface area contributed by atoms with Crippen LogP contribution in [-0.2, 0) is 19.3 Å². The van der Waals surface area contributed by atoms with Gasteiger partial charge in [0.15, 0.2) is 0 Å². The highest BCUT2D eigenvalue weighted by Gasteiger charge is 2.13. The second kappa shape index (κ2) is 13.4. The van der Waals surface area contributed by atoms with Gasteiger partial charge in [-0.15, -0.1) is 0 Å². The van der Waals surface area contributed by atoms with E-state index in [0.29, 0.717) is 6.04 Å². The van der Waals surface area contributed by atoms with E-state index in [2.05, 4.69) is 54.3 Å². The molecule has 1 aliphatic rings. The van der Waals surface area contributed by atoms with Gasteiger partial charge in [0.25, 0.3) is 0 Å². The normalized spacial score (nSPS) is 13.0. The molecule has 1 N–H and O–H groups in total. The molecule has 0 bridgehead atoms. The van der Waals surface area contributed by atoms with Gasteiger partial charge in [0.1, 0.15) is 0 Å². The van der Waals surface area contributed by atoms with E-state index in [-0.39, 0.29) is 0 Å². The van der Waals surface area contributed by atoms with E-state index in [1.165, 1.54) is 31.2 Å². The van der Waals surface area contributed by atoms with E-state index in [1.54, 1.807) is 11.1 Å². The molecule has 1 aromatic carbocycles. The number of nitrogens with zero attached hydrogens (tertiary/aromatic N) is 2. The van der Waals surface area contributed by atoms with Gasteiger partial charge in [0.05, 0.1) is 17.1 Å². The lowest BCUT2D eigenvalue weighted by Gasteiger charge is -2.15. The summed E-state index contributed by atoms with van der Waals surface area (Å²) in [4.78, 5) is 8.99. The second-order valence-electron chi connectivity index (χ2n) is 7.41. The molecule has 0 amide bonds. The Labute approximate surface area is 173 Å². The van der Waals surface area contributed by atoms with Crippen LogP contribution in [0.5, 0.6) is 0 Å². The summed E-state index contributed by atoms with van der Waals surface area (Å²) in [7, 11) is 0. The van der Waals surface area contributed by atoms with Crippen LogP contribution in [0.2, 0.25) is 0 Å². The molecule has 0 aliphatic heterocycles. The summed E-state index contributed by atoms with van der Waals surface area (Å²) in [6.45, 7) is 15.6. The van der Waals surface area contributed by atoms with Gasteiger partial charge in [-0.2, -0.15) is 0 Å². The van der Waals surface area contributed by atoms with Crippen LogP contribution < -0.4 is 5.32 Å². The third-order valence-corrected chi connectivity index (χ3v) is 4.84. The Bertz CT molecular complexity index is 694. The average Bonchev–Trinajstić information content (AvgIpc) is 3.17. The molecule has 0 fully saturated rings. The fourth-order valence-electron chi connectivity index (χ4n) is 3.38. The van der Waals surface area contributed by atoms with E-state index in [9.17, 15) is 0 Å². The fourth-order valence-corrected chi connectivity index (χ4v) is 3.38. The molecule has 28 heavy (non-hydrogen) atoms. The molecule has 1 unspecified atom stereocenters. The highest BCUT2D eigenvalue weighted by Crippen LogP contribution is 2.25. The highest BCUT2D eigenvalue weighted by atomic mass is 14.9. The van der Waals surface area contributed by atoms with Crippen molar-refractivity contribution >= 4 is 0 Å². The standard InChI is InChI=1S/C20H27N3.C3H8.C2H6/c1-14-13-22-16(3)20(23-14)8-5-11-21-15(2)18-10-9-17-6-4-7-19(17)12-18;1-3-2;1-2/h9-10,12-13,15,21H,4-8,11H2,1-3H3;3H2,1-2H3;1-2H3. The first-order chi connectivity index (χ1) is 13.5. The molecule has 1 aromatic heterocycles. The largest absolute Gasteiger partial charge is 0.310 e. The smallest absolute Gasteiger partial charge is 0.0619 e. The maximum atomic E-state index is 4.60. The van der Waals surface area contributed by atoms with Crippen LogP contribution in [0.4, 0.5) is 0 Å². The minimum absolute atomic E-state index is 0.408. The van der Waals surface area contributed by atoms with Crippen LogP contribution in [-0.4, -0.2) is 16.5 Å². The number of aromatic nitrogens is 2. The molecule has 2 aromatic rings. The third kappa shape index (κ3) is 7.71. The summed E-state index contributed by atoms with van der Waals surface area (Å²) in [5.74, 6) is 0. The van der Waals surface area contributed by atoms with Gasteiger partial charge in [-0.25, -0.2) is 0 Å². The Hall–Kier alpha value is -1.74. The van der Waals surface area contributed by atoms with Gasteiger partial charge in [0.2, 0.25) is 0 Å². The number of hydrogen-bond donors (Lipinski definition) is 1. The zero-order valence-electron chi connectivity index (χ0n) is 19.2. The van der Waals surface area contributed by atoms with Gasteiger partial charge in [-0.3, -0.25) is 9.97 Å². The first-order valence-electron chi connectivity index (χ1n) is 11.2. The number of hydrogen-bond acceptors (Lipinski definition) is 3. The Balaban J connectivity index is 0.000000717. The summed E-state index contributed by atoms with van der Waals surface area (Å²) in [5, 5.41) is 3.65. The highest BCUT2D eigenvalue weighted by molar-refractivity contribution is 5.36. The molecule has 0 saturated heterocycles. The molecule has 156 valence electrons. The minimum atomic E-state index is 0.408. The predicted octanol–water partition coefficient (Wildman–Crippen LogP) is 6.31. The van der Waals surface area contributed by atoms with E-state index in [1.807, 2.05) is 33.9 Å². The van der Waals surface area contributed by atoms with Gasteiger partial charge >= 0.3 is 0 Å². The van der Waals surface area contributed by atoms with Crippen molar-refractivity contribution in [1.82, 2.24) is 15.3 Å². The van der Waals surface area contributed by atoms with E-state index >= 15 is 0 Å². The topological polar surface area (TPSA) is 37.8 Å². The summed E-state index contributed by atoms with van der Waals surface area (Å²) in [5.41, 5.74) is 7.72. The van der Waals surface area contributed by atoms with Crippen LogP contribution in [0, 0.1) is 13.8 Å². The average molecular weight is 384 g/mol. The monoisotopic (exact) mass is 383 g/mol. The van der Waals surface area contributed by atoms with Crippen molar-refractivity contribution in [2.24, 2.45) is 0 Å². The van der Waals surface area contributed by atoms with Crippen LogP contribution in [0.15, 0.2) is 24.4 Å². The lowest BCUT2D eigenvalue weighted by atomic mass is 10.0. The van der Waals surface area contributed by atoms with Crippen molar-refractivity contribution < 1.29 is 0 Å². The Morgan fingerprint density at radius 1 is 1.07 bits per heavy atom. The molecule has 0 radical (unpaired) electrons. The maximum Gasteiger partial charge on any atom is 0.0619 e. The van der Waals surface area contributed by atoms with Crippen molar-refractivity contribution in [3.63, 3.8) is 0 Å². The quantitative estimate of drug-likeness (QED) is 0.594. The first kappa shape index (κ1) is 24.3. The number of aryl methyl sites for hydroxylation is 5. The Kier molecular flexibility index (Phi) is 11.7. The minimum Gasteiger partial charge on any atom is -0.310 e. The van der Waals surface area contributed by atoms with Gasteiger partial charge < -0.3 is 5.32 Å². The van der Waals surface area contributed by atoms with Crippen molar-refractivity contribution in [2.45, 2.75) is 93.0 Å². The number of benzene rings is 1. The summed E-state index contributed by atoms with van der Waals surface area (Å²) < 4.78 is 0. The number of nitrogens with one attached hydrogen (secondary N) is 1. The third-order valence-electron chi connectivity index (χ3n) is 4.84. The molecule has 0 spiro atoms. The van der Waals surface area contributed by atoms with Crippen LogP contribution in [0.25, 0.3) is 0 Å². The fraction of sp³-hybridized carbons (Fsp3) is 0.600. The zero-order valence-corrected chi connectivity index (χ0v) is 19.2. The predicted molar refractivity (Wildman–Crippen MR) is 122 cm³/mol. The molecule has 3 heteroatoms. The van der Waals surface area contributed by atoms with Gasteiger partial charge in [0, 0.05) is 12.2 Å². The first-order valence-corrected chi connectivity index (χ1v) is 11.2. The molecule has 3 nitrogen and oxygen atoms in total. The molecular formula is C25H41N3. The summed E-state index contributed by atoms with van der Waals surface area (Å²) in [6.07, 6.45) is 9.00. The van der Waals surface area contributed by atoms with Crippen LogP contribution in [0.1, 0.15) is 93.7 Å². The maximum absolute atomic E-state index is 4.60. The SMILES string of the molecule is CC.CCC.Cc1cnc(C)c(CCCNC(C)c2ccc3c(c2)CCC3)n1. The summed E-state index contributed by atoms with van der Waals surface area (Å²) >= 11 is 0. The molecule has 3 rings (SSSR count). The molecule has 1 aliphatic carbocycles. The van der Waals surface area contributed by atoms with Crippen molar-refractivity contribution in [2.75, 3.05) is 6.54 Å². The van der Waals surface area contributed by atoms with E-state index in [4.69, 9.17) is 0 Å². The van der Waals surface area contributed by atoms with E-state index < -0.39 is 0 Å². The zero-order chi connectivity index (χ0) is 20.9. The van der Waals surface area contributed by atoms with E-state index in [0.717, 1.165) is 36.5 Å². The number of fused-ring (bicyclic) bond motifs is 1. The number of rotatable bonds is 6. The van der Waals surface area contributed by atoms with Crippen molar-refractivity contribution in [1.29, 1.82) is 0 Å². The lowest BCUT2D eigenvalue weighted by molar-refractivity contribution is 0.555. The lowest BCUT2D eigenvalue weighted by Crippen LogP contribution is -2.20. The molecule has 1 heterocycles. The second-order valence-corrected chi connectivity index (χ2v) is 7.41. The van der Waals surface area contributed by atoms with Crippen molar-refractivity contribution in [3.8, 4) is 0 Å². The molecular weight excluding hydrogens is 342 g/mol. The molecule has 0 saturated carbocycles. The van der Waals surface area contributed by atoms with Gasteiger partial charge in [-0.1, -0.05) is 52.3 Å². The van der Waals surface area contributed by atoms with Crippen molar-refractivity contribution in [3.05, 3.63) is 58.2 Å². The van der Waals surface area contributed by atoms with Crippen LogP contribution >= 0.6 is 0 Å².